The molecule has 0 radical (unpaired) electrons. The number of furan rings is 1. The Hall–Kier alpha value is -6.50. The second kappa shape index (κ2) is 11.0. The molecule has 4 heterocycles. The number of benzene rings is 7. The predicted octanol–water partition coefficient (Wildman–Crippen LogP) is 11.7. The standard InChI is InChI=1S/C45H28N4OS/c1-2-10-27(11-3-1)43-46-44(48-45(47-43)49-37-15-7-4-12-31(37)32-13-5-8-16-38(32)49)30-20-22-34-33-21-18-28(24-39(33)50-40(34)25-30)29-19-23-36-35-14-6-9-17-41(35)51-42(36)26-29/h1-26,43H,(H,46,47,48). The molecule has 0 bridgehead atoms. The lowest BCUT2D eigenvalue weighted by Gasteiger charge is -2.24. The fourth-order valence-corrected chi connectivity index (χ4v) is 8.78. The molecular weight excluding hydrogens is 645 g/mol. The first-order valence-electron chi connectivity index (χ1n) is 17.1. The summed E-state index contributed by atoms with van der Waals surface area (Å²) < 4.78 is 11.4. The molecule has 0 amide bonds. The van der Waals surface area contributed by atoms with Crippen molar-refractivity contribution in [3.63, 3.8) is 0 Å². The molecule has 1 unspecified atom stereocenters. The number of thiophene rings is 1. The minimum atomic E-state index is -0.319. The highest BCUT2D eigenvalue weighted by molar-refractivity contribution is 7.25. The van der Waals surface area contributed by atoms with E-state index in [1.165, 1.54) is 36.5 Å². The minimum Gasteiger partial charge on any atom is -0.456 e. The summed E-state index contributed by atoms with van der Waals surface area (Å²) >= 11 is 1.84. The second-order valence-electron chi connectivity index (χ2n) is 13.0. The number of hydrogen-bond donors (Lipinski definition) is 1. The van der Waals surface area contributed by atoms with E-state index in [-0.39, 0.29) is 6.17 Å². The average Bonchev–Trinajstić information content (AvgIpc) is 3.86. The van der Waals surface area contributed by atoms with Crippen LogP contribution in [0.5, 0.6) is 0 Å². The molecule has 6 heteroatoms. The fraction of sp³-hybridized carbons (Fsp3) is 0.0222. The molecule has 51 heavy (non-hydrogen) atoms. The summed E-state index contributed by atoms with van der Waals surface area (Å²) in [6.07, 6.45) is -0.319. The van der Waals surface area contributed by atoms with Crippen LogP contribution in [0, 0.1) is 0 Å². The van der Waals surface area contributed by atoms with Gasteiger partial charge >= 0.3 is 0 Å². The number of rotatable bonds is 3. The number of para-hydroxylation sites is 2. The van der Waals surface area contributed by atoms with Crippen LogP contribution in [-0.2, 0) is 0 Å². The van der Waals surface area contributed by atoms with Gasteiger partial charge in [0.1, 0.15) is 23.2 Å². The molecule has 0 aliphatic carbocycles. The van der Waals surface area contributed by atoms with E-state index in [2.05, 4.69) is 149 Å². The summed E-state index contributed by atoms with van der Waals surface area (Å²) in [5.74, 6) is 1.38. The molecule has 1 aliphatic rings. The minimum absolute atomic E-state index is 0.319. The van der Waals surface area contributed by atoms with Gasteiger partial charge in [-0.25, -0.2) is 4.99 Å². The fourth-order valence-electron chi connectivity index (χ4n) is 7.63. The van der Waals surface area contributed by atoms with Crippen LogP contribution < -0.4 is 5.32 Å². The molecule has 0 fully saturated rings. The molecule has 5 nitrogen and oxygen atoms in total. The average molecular weight is 673 g/mol. The van der Waals surface area contributed by atoms with Gasteiger partial charge in [-0.05, 0) is 65.2 Å². The van der Waals surface area contributed by atoms with E-state index >= 15 is 0 Å². The van der Waals surface area contributed by atoms with Gasteiger partial charge in [0.15, 0.2) is 0 Å². The van der Waals surface area contributed by atoms with E-state index in [1.54, 1.807) is 0 Å². The SMILES string of the molecule is c1ccc(C2N=C(n3c4ccccc4c4ccccc43)N=C(c3ccc4c(c3)oc3cc(-c5ccc6c(c5)sc5ccccc56)ccc34)N2)cc1. The molecule has 7 aromatic carbocycles. The van der Waals surface area contributed by atoms with Crippen molar-refractivity contribution in [3.8, 4) is 11.1 Å². The van der Waals surface area contributed by atoms with Crippen molar-refractivity contribution in [2.24, 2.45) is 9.98 Å². The number of aliphatic imine (C=N–C) groups is 2. The summed E-state index contributed by atoms with van der Waals surface area (Å²) in [7, 11) is 0. The summed E-state index contributed by atoms with van der Waals surface area (Å²) in [6.45, 7) is 0. The lowest BCUT2D eigenvalue weighted by atomic mass is 10.0. The Bertz CT molecular complexity index is 3020. The Morgan fingerprint density at radius 2 is 1.08 bits per heavy atom. The Morgan fingerprint density at radius 1 is 0.510 bits per heavy atom. The highest BCUT2D eigenvalue weighted by Gasteiger charge is 2.24. The Kier molecular flexibility index (Phi) is 6.12. The van der Waals surface area contributed by atoms with Gasteiger partial charge in [0.05, 0.1) is 11.0 Å². The third-order valence-corrected chi connectivity index (χ3v) is 11.2. The van der Waals surface area contributed by atoms with Crippen molar-refractivity contribution < 1.29 is 4.42 Å². The Morgan fingerprint density at radius 3 is 1.82 bits per heavy atom. The molecule has 0 spiro atoms. The first-order chi connectivity index (χ1) is 25.2. The molecule has 0 saturated carbocycles. The molecule has 0 saturated heterocycles. The van der Waals surface area contributed by atoms with E-state index in [1.807, 2.05) is 29.5 Å². The van der Waals surface area contributed by atoms with E-state index < -0.39 is 0 Å². The molecule has 10 aromatic rings. The number of fused-ring (bicyclic) bond motifs is 9. The zero-order valence-electron chi connectivity index (χ0n) is 27.2. The van der Waals surface area contributed by atoms with Crippen LogP contribution >= 0.6 is 11.3 Å². The van der Waals surface area contributed by atoms with Crippen molar-refractivity contribution in [2.75, 3.05) is 0 Å². The number of nitrogens with one attached hydrogen (secondary N) is 1. The van der Waals surface area contributed by atoms with Crippen molar-refractivity contribution >= 4 is 87.0 Å². The third-order valence-electron chi connectivity index (χ3n) is 10.1. The zero-order valence-corrected chi connectivity index (χ0v) is 28.1. The number of aromatic nitrogens is 1. The van der Waals surface area contributed by atoms with Gasteiger partial charge in [-0.15, -0.1) is 11.3 Å². The van der Waals surface area contributed by atoms with Gasteiger partial charge in [-0.2, -0.15) is 4.99 Å². The molecule has 1 atom stereocenters. The lowest BCUT2D eigenvalue weighted by molar-refractivity contribution is 0.664. The first kappa shape index (κ1) is 28.3. The van der Waals surface area contributed by atoms with Gasteiger partial charge < -0.3 is 9.73 Å². The van der Waals surface area contributed by atoms with Crippen molar-refractivity contribution in [1.82, 2.24) is 9.88 Å². The van der Waals surface area contributed by atoms with Crippen molar-refractivity contribution in [3.05, 3.63) is 169 Å². The van der Waals surface area contributed by atoms with E-state index in [0.29, 0.717) is 5.96 Å². The van der Waals surface area contributed by atoms with Crippen molar-refractivity contribution in [1.29, 1.82) is 0 Å². The maximum absolute atomic E-state index is 6.59. The van der Waals surface area contributed by atoms with Gasteiger partial charge in [0, 0.05) is 47.3 Å². The summed E-state index contributed by atoms with van der Waals surface area (Å²) in [4.78, 5) is 10.4. The second-order valence-corrected chi connectivity index (χ2v) is 14.1. The largest absolute Gasteiger partial charge is 0.456 e. The van der Waals surface area contributed by atoms with Gasteiger partial charge in [0.25, 0.3) is 0 Å². The summed E-state index contributed by atoms with van der Waals surface area (Å²) in [6, 6.07) is 55.6. The first-order valence-corrected chi connectivity index (χ1v) is 17.9. The third kappa shape index (κ3) is 4.47. The highest BCUT2D eigenvalue weighted by Crippen LogP contribution is 2.38. The summed E-state index contributed by atoms with van der Waals surface area (Å²) in [5.41, 5.74) is 8.15. The number of amidine groups is 1. The van der Waals surface area contributed by atoms with Crippen LogP contribution in [0.3, 0.4) is 0 Å². The maximum atomic E-state index is 6.59. The van der Waals surface area contributed by atoms with Gasteiger partial charge in [-0.1, -0.05) is 109 Å². The van der Waals surface area contributed by atoms with Crippen LogP contribution in [0.4, 0.5) is 0 Å². The Balaban J connectivity index is 1.02. The lowest BCUT2D eigenvalue weighted by Crippen LogP contribution is -2.35. The van der Waals surface area contributed by atoms with Crippen LogP contribution in [0.25, 0.3) is 75.0 Å². The van der Waals surface area contributed by atoms with Crippen LogP contribution in [0.15, 0.2) is 172 Å². The van der Waals surface area contributed by atoms with Crippen molar-refractivity contribution in [2.45, 2.75) is 6.17 Å². The topological polar surface area (TPSA) is 54.8 Å². The predicted molar refractivity (Wildman–Crippen MR) is 213 cm³/mol. The number of nitrogens with zero attached hydrogens (tertiary/aromatic N) is 3. The van der Waals surface area contributed by atoms with Crippen LogP contribution in [-0.4, -0.2) is 16.4 Å². The monoisotopic (exact) mass is 672 g/mol. The quantitative estimate of drug-likeness (QED) is 0.203. The maximum Gasteiger partial charge on any atom is 0.234 e. The smallest absolute Gasteiger partial charge is 0.234 e. The molecule has 3 aromatic heterocycles. The Labute approximate surface area is 296 Å². The van der Waals surface area contributed by atoms with Crippen LogP contribution in [0.1, 0.15) is 17.3 Å². The van der Waals surface area contributed by atoms with E-state index in [9.17, 15) is 0 Å². The molecule has 1 N–H and O–H groups in total. The molecule has 240 valence electrons. The molecule has 1 aliphatic heterocycles. The van der Waals surface area contributed by atoms with E-state index in [0.717, 1.165) is 55.5 Å². The van der Waals surface area contributed by atoms with E-state index in [4.69, 9.17) is 14.4 Å². The van der Waals surface area contributed by atoms with Gasteiger partial charge in [-0.3, -0.25) is 4.57 Å². The molecular formula is C45H28N4OS. The highest BCUT2D eigenvalue weighted by atomic mass is 32.1. The molecule has 11 rings (SSSR count). The zero-order chi connectivity index (χ0) is 33.5. The van der Waals surface area contributed by atoms with Gasteiger partial charge in [0.2, 0.25) is 5.96 Å². The van der Waals surface area contributed by atoms with Crippen LogP contribution in [0.2, 0.25) is 0 Å². The summed E-state index contributed by atoms with van der Waals surface area (Å²) in [5, 5.41) is 10.8. The normalized spacial score (nSPS) is 14.9. The number of hydrogen-bond acceptors (Lipinski definition) is 5.